The molecule has 0 heterocycles. The zero-order valence-electron chi connectivity index (χ0n) is 11.4. The Kier molecular flexibility index (Phi) is 5.52. The molecule has 1 rings (SSSR count). The van der Waals surface area contributed by atoms with Gasteiger partial charge in [-0.15, -0.1) is 0 Å². The van der Waals surface area contributed by atoms with Crippen LogP contribution in [0.2, 0.25) is 5.02 Å². The van der Waals surface area contributed by atoms with E-state index >= 15 is 0 Å². The highest BCUT2D eigenvalue weighted by molar-refractivity contribution is 6.31. The van der Waals surface area contributed by atoms with Gasteiger partial charge in [0.25, 0.3) is 5.91 Å². The number of nitrogens with two attached hydrogens (primary N) is 1. The highest BCUT2D eigenvalue weighted by atomic mass is 35.5. The summed E-state index contributed by atoms with van der Waals surface area (Å²) in [5, 5.41) is 6.64. The normalized spacial score (nSPS) is 12.7. The van der Waals surface area contributed by atoms with Gasteiger partial charge >= 0.3 is 0 Å². The molecule has 20 heavy (non-hydrogen) atoms. The third kappa shape index (κ3) is 4.24. The first-order valence-electron chi connectivity index (χ1n) is 5.84. The Labute approximate surface area is 121 Å². The Hall–Kier alpha value is -2.08. The van der Waals surface area contributed by atoms with Gasteiger partial charge in [0, 0.05) is 16.1 Å². The minimum atomic E-state index is -0.765. The van der Waals surface area contributed by atoms with Crippen LogP contribution in [0.3, 0.4) is 0 Å². The van der Waals surface area contributed by atoms with Crippen molar-refractivity contribution in [1.29, 1.82) is 0 Å². The number of carbonyl (C=O) groups excluding carboxylic acids is 2. The lowest BCUT2D eigenvalue weighted by Crippen LogP contribution is -2.42. The SMILES string of the molecule is CON=C(C)c1cc(Cl)cc(C(=O)NC(C)C(N)=O)c1. The molecule has 3 N–H and O–H groups in total. The van der Waals surface area contributed by atoms with Gasteiger partial charge in [-0.3, -0.25) is 9.59 Å². The van der Waals surface area contributed by atoms with Gasteiger partial charge in [-0.1, -0.05) is 16.8 Å². The van der Waals surface area contributed by atoms with Crippen molar-refractivity contribution in [2.75, 3.05) is 7.11 Å². The van der Waals surface area contributed by atoms with Crippen molar-refractivity contribution in [2.45, 2.75) is 19.9 Å². The molecule has 2 amide bonds. The number of hydrogen-bond acceptors (Lipinski definition) is 4. The van der Waals surface area contributed by atoms with Crippen LogP contribution < -0.4 is 11.1 Å². The Morgan fingerprint density at radius 2 is 1.95 bits per heavy atom. The number of oxime groups is 1. The van der Waals surface area contributed by atoms with E-state index in [1.807, 2.05) is 0 Å². The standard InChI is InChI=1S/C13H16ClN3O3/c1-7(17-20-3)9-4-10(6-11(14)5-9)13(19)16-8(2)12(15)18/h4-6,8H,1-3H3,(H2,15,18)(H,16,19). The van der Waals surface area contributed by atoms with Gasteiger partial charge in [-0.2, -0.15) is 0 Å². The van der Waals surface area contributed by atoms with Crippen molar-refractivity contribution < 1.29 is 14.4 Å². The monoisotopic (exact) mass is 297 g/mol. The van der Waals surface area contributed by atoms with Gasteiger partial charge in [0.1, 0.15) is 13.2 Å². The average molecular weight is 298 g/mol. The fourth-order valence-electron chi connectivity index (χ4n) is 1.47. The van der Waals surface area contributed by atoms with E-state index in [9.17, 15) is 9.59 Å². The van der Waals surface area contributed by atoms with Gasteiger partial charge < -0.3 is 15.9 Å². The fourth-order valence-corrected chi connectivity index (χ4v) is 1.71. The quantitative estimate of drug-likeness (QED) is 0.634. The first kappa shape index (κ1) is 16.0. The van der Waals surface area contributed by atoms with Crippen LogP contribution in [0.1, 0.15) is 29.8 Å². The second-order valence-electron chi connectivity index (χ2n) is 4.19. The Morgan fingerprint density at radius 1 is 1.35 bits per heavy atom. The smallest absolute Gasteiger partial charge is 0.251 e. The topological polar surface area (TPSA) is 93.8 Å². The second-order valence-corrected chi connectivity index (χ2v) is 4.62. The third-order valence-electron chi connectivity index (χ3n) is 2.58. The lowest BCUT2D eigenvalue weighted by molar-refractivity contribution is -0.119. The van der Waals surface area contributed by atoms with Crippen LogP contribution in [-0.4, -0.2) is 30.7 Å². The number of nitrogens with one attached hydrogen (secondary N) is 1. The molecule has 0 aliphatic heterocycles. The summed E-state index contributed by atoms with van der Waals surface area (Å²) >= 11 is 5.97. The first-order chi connectivity index (χ1) is 9.35. The molecule has 1 aromatic rings. The molecule has 1 atom stereocenters. The average Bonchev–Trinajstić information content (AvgIpc) is 2.37. The maximum atomic E-state index is 12.0. The summed E-state index contributed by atoms with van der Waals surface area (Å²) in [5.41, 5.74) is 6.63. The molecular formula is C13H16ClN3O3. The van der Waals surface area contributed by atoms with Crippen molar-refractivity contribution >= 4 is 29.1 Å². The first-order valence-corrected chi connectivity index (χ1v) is 6.22. The van der Waals surface area contributed by atoms with Crippen LogP contribution in [0.4, 0.5) is 0 Å². The zero-order valence-corrected chi connectivity index (χ0v) is 12.2. The molecule has 7 heteroatoms. The number of nitrogens with zero attached hydrogens (tertiary/aromatic N) is 1. The summed E-state index contributed by atoms with van der Waals surface area (Å²) < 4.78 is 0. The van der Waals surface area contributed by atoms with Crippen LogP contribution in [-0.2, 0) is 9.63 Å². The van der Waals surface area contributed by atoms with Gasteiger partial charge in [0.15, 0.2) is 0 Å². The summed E-state index contributed by atoms with van der Waals surface area (Å²) in [5.74, 6) is -1.05. The minimum absolute atomic E-state index is 0.311. The molecule has 0 aromatic heterocycles. The lowest BCUT2D eigenvalue weighted by atomic mass is 10.1. The molecule has 0 radical (unpaired) electrons. The predicted molar refractivity (Wildman–Crippen MR) is 76.8 cm³/mol. The van der Waals surface area contributed by atoms with Gasteiger partial charge in [-0.05, 0) is 32.0 Å². The number of rotatable bonds is 5. The van der Waals surface area contributed by atoms with Crippen molar-refractivity contribution in [1.82, 2.24) is 5.32 Å². The van der Waals surface area contributed by atoms with E-state index < -0.39 is 17.9 Å². The molecule has 0 saturated heterocycles. The van der Waals surface area contributed by atoms with Crippen LogP contribution in [0.15, 0.2) is 23.4 Å². The van der Waals surface area contributed by atoms with Crippen LogP contribution in [0, 0.1) is 0 Å². The zero-order chi connectivity index (χ0) is 15.3. The summed E-state index contributed by atoms with van der Waals surface area (Å²) in [6.07, 6.45) is 0. The third-order valence-corrected chi connectivity index (χ3v) is 2.80. The summed E-state index contributed by atoms with van der Waals surface area (Å²) in [7, 11) is 1.43. The summed E-state index contributed by atoms with van der Waals surface area (Å²) in [6, 6.07) is 3.99. The predicted octanol–water partition coefficient (Wildman–Crippen LogP) is 1.31. The van der Waals surface area contributed by atoms with Crippen LogP contribution in [0.25, 0.3) is 0 Å². The number of amides is 2. The van der Waals surface area contributed by atoms with Crippen LogP contribution >= 0.6 is 11.6 Å². The molecule has 6 nitrogen and oxygen atoms in total. The molecule has 0 spiro atoms. The van der Waals surface area contributed by atoms with Crippen molar-refractivity contribution in [3.05, 3.63) is 34.3 Å². The van der Waals surface area contributed by atoms with Crippen molar-refractivity contribution in [3.63, 3.8) is 0 Å². The summed E-state index contributed by atoms with van der Waals surface area (Å²) in [6.45, 7) is 3.23. The molecule has 108 valence electrons. The molecule has 0 bridgehead atoms. The summed E-state index contributed by atoms with van der Waals surface area (Å²) in [4.78, 5) is 27.6. The number of hydrogen-bond donors (Lipinski definition) is 2. The minimum Gasteiger partial charge on any atom is -0.399 e. The van der Waals surface area contributed by atoms with Crippen molar-refractivity contribution in [3.8, 4) is 0 Å². The molecule has 0 aliphatic rings. The number of halogens is 1. The highest BCUT2D eigenvalue weighted by Crippen LogP contribution is 2.16. The highest BCUT2D eigenvalue weighted by Gasteiger charge is 2.15. The van der Waals surface area contributed by atoms with Gasteiger partial charge in [-0.25, -0.2) is 0 Å². The van der Waals surface area contributed by atoms with E-state index in [0.29, 0.717) is 21.9 Å². The van der Waals surface area contributed by atoms with E-state index in [2.05, 4.69) is 15.3 Å². The van der Waals surface area contributed by atoms with E-state index in [4.69, 9.17) is 17.3 Å². The van der Waals surface area contributed by atoms with E-state index in [-0.39, 0.29) is 0 Å². The van der Waals surface area contributed by atoms with Gasteiger partial charge in [0.05, 0.1) is 5.71 Å². The Bertz CT molecular complexity index is 558. The van der Waals surface area contributed by atoms with Crippen LogP contribution in [0.5, 0.6) is 0 Å². The molecule has 0 aliphatic carbocycles. The molecule has 0 saturated carbocycles. The maximum absolute atomic E-state index is 12.0. The van der Waals surface area contributed by atoms with E-state index in [0.717, 1.165) is 0 Å². The molecule has 1 unspecified atom stereocenters. The van der Waals surface area contributed by atoms with Crippen molar-refractivity contribution in [2.24, 2.45) is 10.9 Å². The maximum Gasteiger partial charge on any atom is 0.251 e. The molecule has 0 fully saturated rings. The number of carbonyl (C=O) groups is 2. The van der Waals surface area contributed by atoms with E-state index in [1.165, 1.54) is 20.1 Å². The van der Waals surface area contributed by atoms with Gasteiger partial charge in [0.2, 0.25) is 5.91 Å². The number of benzene rings is 1. The Balaban J connectivity index is 3.04. The molecule has 1 aromatic carbocycles. The Morgan fingerprint density at radius 3 is 2.50 bits per heavy atom. The number of primary amides is 1. The fraction of sp³-hybridized carbons (Fsp3) is 0.308. The second kappa shape index (κ2) is 6.91. The molecular weight excluding hydrogens is 282 g/mol. The van der Waals surface area contributed by atoms with E-state index in [1.54, 1.807) is 19.1 Å². The lowest BCUT2D eigenvalue weighted by Gasteiger charge is -2.11. The largest absolute Gasteiger partial charge is 0.399 e.